The van der Waals surface area contributed by atoms with Crippen LogP contribution in [0.2, 0.25) is 0 Å². The fourth-order valence-electron chi connectivity index (χ4n) is 2.82. The van der Waals surface area contributed by atoms with Crippen LogP contribution >= 0.6 is 11.6 Å². The highest BCUT2D eigenvalue weighted by atomic mass is 35.5. The maximum atomic E-state index is 12.5. The van der Waals surface area contributed by atoms with Crippen molar-refractivity contribution in [2.24, 2.45) is 0 Å². The third-order valence-electron chi connectivity index (χ3n) is 3.96. The maximum Gasteiger partial charge on any atom is 0.410 e. The van der Waals surface area contributed by atoms with Crippen LogP contribution in [-0.4, -0.2) is 43.5 Å². The highest BCUT2D eigenvalue weighted by Gasteiger charge is 2.32. The molecule has 1 atom stereocenters. The molecule has 0 spiro atoms. The number of carbonyl (C=O) groups is 1. The van der Waals surface area contributed by atoms with Gasteiger partial charge in [0.1, 0.15) is 17.2 Å². The van der Waals surface area contributed by atoms with Gasteiger partial charge in [0.15, 0.2) is 0 Å². The van der Waals surface area contributed by atoms with Gasteiger partial charge in [0.05, 0.1) is 11.7 Å². The molecule has 2 aromatic rings. The molecule has 9 heteroatoms. The van der Waals surface area contributed by atoms with Crippen molar-refractivity contribution in [3.8, 4) is 11.6 Å². The molecule has 3 heterocycles. The Morgan fingerprint density at radius 3 is 2.69 bits per heavy atom. The summed E-state index contributed by atoms with van der Waals surface area (Å²) in [6.45, 7) is 6.22. The first-order chi connectivity index (χ1) is 12.4. The molecule has 1 saturated heterocycles. The minimum absolute atomic E-state index is 0.144. The first-order valence-electron chi connectivity index (χ1n) is 8.59. The number of amides is 1. The molecule has 2 aromatic heterocycles. The summed E-state index contributed by atoms with van der Waals surface area (Å²) >= 11 is 5.66. The van der Waals surface area contributed by atoms with Crippen molar-refractivity contribution in [3.63, 3.8) is 0 Å². The lowest BCUT2D eigenvalue weighted by Crippen LogP contribution is -2.42. The van der Waals surface area contributed by atoms with E-state index in [2.05, 4.69) is 20.4 Å². The molecule has 1 amide bonds. The SMILES string of the molecule is CC(C)(C)OC(=O)N1CCCCC1c1ccc(-c2nnc(CCl)o2)nn1. The number of rotatable bonds is 3. The van der Waals surface area contributed by atoms with E-state index in [9.17, 15) is 4.79 Å². The Balaban J connectivity index is 1.78. The summed E-state index contributed by atoms with van der Waals surface area (Å²) in [6.07, 6.45) is 2.47. The van der Waals surface area contributed by atoms with Gasteiger partial charge in [0.25, 0.3) is 5.89 Å². The van der Waals surface area contributed by atoms with Crippen molar-refractivity contribution in [2.45, 2.75) is 57.6 Å². The van der Waals surface area contributed by atoms with E-state index in [0.717, 1.165) is 25.0 Å². The second-order valence-electron chi connectivity index (χ2n) is 7.16. The van der Waals surface area contributed by atoms with Crippen LogP contribution in [-0.2, 0) is 10.6 Å². The van der Waals surface area contributed by atoms with Crippen LogP contribution in [0.15, 0.2) is 16.5 Å². The quantitative estimate of drug-likeness (QED) is 0.750. The molecule has 0 saturated carbocycles. The Morgan fingerprint density at radius 2 is 2.08 bits per heavy atom. The van der Waals surface area contributed by atoms with E-state index < -0.39 is 5.60 Å². The van der Waals surface area contributed by atoms with E-state index >= 15 is 0 Å². The Morgan fingerprint density at radius 1 is 1.27 bits per heavy atom. The molecule has 26 heavy (non-hydrogen) atoms. The molecule has 1 aliphatic rings. The lowest BCUT2D eigenvalue weighted by molar-refractivity contribution is 0.00891. The molecule has 8 nitrogen and oxygen atoms in total. The normalized spacial score (nSPS) is 18.0. The van der Waals surface area contributed by atoms with Gasteiger partial charge in [0.2, 0.25) is 5.89 Å². The van der Waals surface area contributed by atoms with Crippen molar-refractivity contribution in [3.05, 3.63) is 23.7 Å². The van der Waals surface area contributed by atoms with Gasteiger partial charge < -0.3 is 9.15 Å². The van der Waals surface area contributed by atoms with Crippen LogP contribution in [0.25, 0.3) is 11.6 Å². The number of nitrogens with zero attached hydrogens (tertiary/aromatic N) is 5. The van der Waals surface area contributed by atoms with Gasteiger partial charge >= 0.3 is 6.09 Å². The van der Waals surface area contributed by atoms with Crippen molar-refractivity contribution in [1.82, 2.24) is 25.3 Å². The van der Waals surface area contributed by atoms with Crippen LogP contribution in [0.4, 0.5) is 4.79 Å². The van der Waals surface area contributed by atoms with Crippen LogP contribution < -0.4 is 0 Å². The number of alkyl halides is 1. The molecule has 140 valence electrons. The number of hydrogen-bond acceptors (Lipinski definition) is 7. The molecule has 0 N–H and O–H groups in total. The fourth-order valence-corrected chi connectivity index (χ4v) is 2.93. The Kier molecular flexibility index (Phi) is 5.41. The lowest BCUT2D eigenvalue weighted by Gasteiger charge is -2.36. The molecule has 0 aromatic carbocycles. The molecule has 1 unspecified atom stereocenters. The van der Waals surface area contributed by atoms with Crippen molar-refractivity contribution >= 4 is 17.7 Å². The highest BCUT2D eigenvalue weighted by Crippen LogP contribution is 2.31. The minimum atomic E-state index is -0.535. The van der Waals surface area contributed by atoms with Gasteiger partial charge in [-0.15, -0.1) is 26.9 Å². The average Bonchev–Trinajstić information content (AvgIpc) is 3.10. The lowest BCUT2D eigenvalue weighted by atomic mass is 9.99. The number of piperidine rings is 1. The first-order valence-corrected chi connectivity index (χ1v) is 9.13. The summed E-state index contributed by atoms with van der Waals surface area (Å²) in [5, 5.41) is 16.2. The number of halogens is 1. The number of likely N-dealkylation sites (tertiary alicyclic amines) is 1. The molecular formula is C17H22ClN5O3. The number of aromatic nitrogens is 4. The average molecular weight is 380 g/mol. The van der Waals surface area contributed by atoms with E-state index in [1.165, 1.54) is 0 Å². The monoisotopic (exact) mass is 379 g/mol. The zero-order chi connectivity index (χ0) is 18.7. The molecule has 0 radical (unpaired) electrons. The standard InChI is InChI=1S/C17H22ClN5O3/c1-17(2,3)26-16(24)23-9-5-4-6-13(23)11-7-8-12(20-19-11)15-22-21-14(10-18)25-15/h7-8,13H,4-6,9-10H2,1-3H3. The Labute approximate surface area is 156 Å². The van der Waals surface area contributed by atoms with Gasteiger partial charge in [0, 0.05) is 6.54 Å². The fraction of sp³-hybridized carbons (Fsp3) is 0.588. The third-order valence-corrected chi connectivity index (χ3v) is 4.19. The molecule has 0 aliphatic carbocycles. The first kappa shape index (κ1) is 18.6. The zero-order valence-corrected chi connectivity index (χ0v) is 15.9. The summed E-state index contributed by atoms with van der Waals surface area (Å²) < 4.78 is 10.9. The molecule has 1 aliphatic heterocycles. The van der Waals surface area contributed by atoms with Crippen LogP contribution in [0.3, 0.4) is 0 Å². The maximum absolute atomic E-state index is 12.5. The smallest absolute Gasteiger partial charge is 0.410 e. The summed E-state index contributed by atoms with van der Waals surface area (Å²) in [5.74, 6) is 0.745. The van der Waals surface area contributed by atoms with E-state index in [-0.39, 0.29) is 23.9 Å². The Hall–Kier alpha value is -2.22. The number of ether oxygens (including phenoxy) is 1. The van der Waals surface area contributed by atoms with E-state index in [1.54, 1.807) is 11.0 Å². The second-order valence-corrected chi connectivity index (χ2v) is 7.43. The molecule has 1 fully saturated rings. The van der Waals surface area contributed by atoms with E-state index in [0.29, 0.717) is 18.1 Å². The van der Waals surface area contributed by atoms with Gasteiger partial charge in [-0.05, 0) is 52.2 Å². The van der Waals surface area contributed by atoms with E-state index in [1.807, 2.05) is 26.8 Å². The molecule has 3 rings (SSSR count). The Bertz CT molecular complexity index is 757. The summed E-state index contributed by atoms with van der Waals surface area (Å²) in [6, 6.07) is 3.44. The predicted octanol–water partition coefficient (Wildman–Crippen LogP) is 3.73. The third kappa shape index (κ3) is 4.30. The summed E-state index contributed by atoms with van der Waals surface area (Å²) in [7, 11) is 0. The number of hydrogen-bond donors (Lipinski definition) is 0. The second kappa shape index (κ2) is 7.57. The summed E-state index contributed by atoms with van der Waals surface area (Å²) in [5.41, 5.74) is 0.654. The summed E-state index contributed by atoms with van der Waals surface area (Å²) in [4.78, 5) is 14.3. The van der Waals surface area contributed by atoms with Gasteiger partial charge in [-0.25, -0.2) is 4.79 Å². The van der Waals surface area contributed by atoms with Crippen molar-refractivity contribution in [1.29, 1.82) is 0 Å². The zero-order valence-electron chi connectivity index (χ0n) is 15.1. The highest BCUT2D eigenvalue weighted by molar-refractivity contribution is 6.16. The van der Waals surface area contributed by atoms with Crippen LogP contribution in [0.5, 0.6) is 0 Å². The predicted molar refractivity (Wildman–Crippen MR) is 94.4 cm³/mol. The van der Waals surface area contributed by atoms with Crippen LogP contribution in [0.1, 0.15) is 57.7 Å². The van der Waals surface area contributed by atoms with Crippen LogP contribution in [0, 0.1) is 0 Å². The van der Waals surface area contributed by atoms with Gasteiger partial charge in [-0.2, -0.15) is 5.10 Å². The minimum Gasteiger partial charge on any atom is -0.444 e. The van der Waals surface area contributed by atoms with Gasteiger partial charge in [-0.1, -0.05) is 0 Å². The largest absolute Gasteiger partial charge is 0.444 e. The topological polar surface area (TPSA) is 94.2 Å². The molecule has 0 bridgehead atoms. The molecular weight excluding hydrogens is 358 g/mol. The van der Waals surface area contributed by atoms with E-state index in [4.69, 9.17) is 20.8 Å². The van der Waals surface area contributed by atoms with Crippen molar-refractivity contribution in [2.75, 3.05) is 6.54 Å². The van der Waals surface area contributed by atoms with Gasteiger partial charge in [-0.3, -0.25) is 4.90 Å². The number of carbonyl (C=O) groups excluding carboxylic acids is 1. The van der Waals surface area contributed by atoms with Crippen molar-refractivity contribution < 1.29 is 13.9 Å².